The van der Waals surface area contributed by atoms with Gasteiger partial charge in [0.25, 0.3) is 0 Å². The average Bonchev–Trinajstić information content (AvgIpc) is 2.43. The smallest absolute Gasteiger partial charge is 0.249 e. The molecule has 1 aliphatic heterocycles. The van der Waals surface area contributed by atoms with E-state index in [1.807, 2.05) is 12.1 Å². The highest BCUT2D eigenvalue weighted by molar-refractivity contribution is 6.33. The number of para-hydroxylation sites is 1. The second-order valence-electron chi connectivity index (χ2n) is 4.64. The summed E-state index contributed by atoms with van der Waals surface area (Å²) in [4.78, 5) is 27.5. The molecule has 0 aliphatic carbocycles. The van der Waals surface area contributed by atoms with Crippen molar-refractivity contribution in [2.75, 3.05) is 31.7 Å². The van der Waals surface area contributed by atoms with Gasteiger partial charge in [0.2, 0.25) is 11.8 Å². The highest BCUT2D eigenvalue weighted by Gasteiger charge is 2.35. The van der Waals surface area contributed by atoms with E-state index in [0.717, 1.165) is 0 Å². The quantitative estimate of drug-likeness (QED) is 0.850. The highest BCUT2D eigenvalue weighted by Crippen LogP contribution is 2.28. The Balaban J connectivity index is 2.17. The van der Waals surface area contributed by atoms with Crippen LogP contribution in [0, 0.1) is 0 Å². The minimum atomic E-state index is -0.511. The molecule has 108 valence electrons. The third-order valence-corrected chi connectivity index (χ3v) is 3.71. The van der Waals surface area contributed by atoms with Crippen molar-refractivity contribution >= 4 is 29.1 Å². The average molecular weight is 297 g/mol. The number of halogens is 1. The van der Waals surface area contributed by atoms with Crippen molar-refractivity contribution in [1.29, 1.82) is 0 Å². The lowest BCUT2D eigenvalue weighted by Gasteiger charge is -2.39. The number of methoxy groups -OCH3 is 1. The molecule has 1 atom stereocenters. The number of ether oxygens (including phenoxy) is 1. The SMILES string of the molecule is COCC(=O)N1CCN(c2ccccc2Cl)C(=O)C1C. The fourth-order valence-electron chi connectivity index (χ4n) is 2.33. The molecular weight excluding hydrogens is 280 g/mol. The van der Waals surface area contributed by atoms with Crippen molar-refractivity contribution in [3.63, 3.8) is 0 Å². The Hall–Kier alpha value is -1.59. The summed E-state index contributed by atoms with van der Waals surface area (Å²) in [5.74, 6) is -0.305. The molecule has 20 heavy (non-hydrogen) atoms. The molecule has 0 spiro atoms. The number of rotatable bonds is 3. The van der Waals surface area contributed by atoms with E-state index in [9.17, 15) is 9.59 Å². The molecule has 0 radical (unpaired) electrons. The van der Waals surface area contributed by atoms with Gasteiger partial charge in [-0.1, -0.05) is 23.7 Å². The Morgan fingerprint density at radius 2 is 2.10 bits per heavy atom. The van der Waals surface area contributed by atoms with Gasteiger partial charge in [0.05, 0.1) is 10.7 Å². The zero-order valence-corrected chi connectivity index (χ0v) is 12.3. The van der Waals surface area contributed by atoms with Gasteiger partial charge < -0.3 is 14.5 Å². The van der Waals surface area contributed by atoms with Crippen molar-refractivity contribution in [1.82, 2.24) is 4.90 Å². The maximum Gasteiger partial charge on any atom is 0.249 e. The van der Waals surface area contributed by atoms with Gasteiger partial charge in [-0.2, -0.15) is 0 Å². The molecule has 1 aromatic rings. The van der Waals surface area contributed by atoms with E-state index in [2.05, 4.69) is 0 Å². The monoisotopic (exact) mass is 296 g/mol. The molecule has 1 heterocycles. The Kier molecular flexibility index (Phi) is 4.62. The van der Waals surface area contributed by atoms with Gasteiger partial charge >= 0.3 is 0 Å². The predicted octanol–water partition coefficient (Wildman–Crippen LogP) is 1.55. The number of piperazine rings is 1. The van der Waals surface area contributed by atoms with Crippen molar-refractivity contribution in [3.05, 3.63) is 29.3 Å². The van der Waals surface area contributed by atoms with E-state index in [1.165, 1.54) is 7.11 Å². The summed E-state index contributed by atoms with van der Waals surface area (Å²) in [5, 5.41) is 0.532. The first kappa shape index (κ1) is 14.8. The van der Waals surface area contributed by atoms with Crippen LogP contribution in [0.15, 0.2) is 24.3 Å². The van der Waals surface area contributed by atoms with Gasteiger partial charge in [-0.15, -0.1) is 0 Å². The Morgan fingerprint density at radius 3 is 2.75 bits per heavy atom. The third-order valence-electron chi connectivity index (χ3n) is 3.39. The lowest BCUT2D eigenvalue weighted by molar-refractivity contribution is -0.143. The van der Waals surface area contributed by atoms with Gasteiger partial charge in [-0.25, -0.2) is 0 Å². The molecular formula is C14H17ClN2O3. The zero-order chi connectivity index (χ0) is 14.7. The number of carbonyl (C=O) groups excluding carboxylic acids is 2. The fourth-order valence-corrected chi connectivity index (χ4v) is 2.57. The topological polar surface area (TPSA) is 49.9 Å². The zero-order valence-electron chi connectivity index (χ0n) is 11.5. The van der Waals surface area contributed by atoms with Crippen LogP contribution in [-0.2, 0) is 14.3 Å². The Labute approximate surface area is 123 Å². The van der Waals surface area contributed by atoms with E-state index in [1.54, 1.807) is 28.9 Å². The lowest BCUT2D eigenvalue weighted by Crippen LogP contribution is -2.58. The van der Waals surface area contributed by atoms with E-state index in [0.29, 0.717) is 23.8 Å². The minimum absolute atomic E-state index is 0.0102. The van der Waals surface area contributed by atoms with Crippen LogP contribution in [0.1, 0.15) is 6.92 Å². The first-order valence-electron chi connectivity index (χ1n) is 6.40. The second-order valence-corrected chi connectivity index (χ2v) is 5.04. The standard InChI is InChI=1S/C14H17ClN2O3/c1-10-14(19)17(12-6-4-3-5-11(12)15)8-7-16(10)13(18)9-20-2/h3-6,10H,7-9H2,1-2H3. The summed E-state index contributed by atoms with van der Waals surface area (Å²) in [6, 6.07) is 6.69. The van der Waals surface area contributed by atoms with Crippen LogP contribution in [0.25, 0.3) is 0 Å². The van der Waals surface area contributed by atoms with Crippen LogP contribution in [0.4, 0.5) is 5.69 Å². The molecule has 1 aromatic carbocycles. The molecule has 2 rings (SSSR count). The number of benzene rings is 1. The first-order chi connectivity index (χ1) is 9.56. The van der Waals surface area contributed by atoms with Crippen LogP contribution < -0.4 is 4.90 Å². The summed E-state index contributed by atoms with van der Waals surface area (Å²) in [7, 11) is 1.46. The first-order valence-corrected chi connectivity index (χ1v) is 6.78. The van der Waals surface area contributed by atoms with Gasteiger partial charge in [0.15, 0.2) is 0 Å². The fraction of sp³-hybridized carbons (Fsp3) is 0.429. The second kappa shape index (κ2) is 6.24. The molecule has 1 unspecified atom stereocenters. The number of amides is 2. The van der Waals surface area contributed by atoms with Gasteiger partial charge in [-0.3, -0.25) is 9.59 Å². The lowest BCUT2D eigenvalue weighted by atomic mass is 10.1. The Bertz CT molecular complexity index is 521. The van der Waals surface area contributed by atoms with Crippen LogP contribution in [0.3, 0.4) is 0 Å². The number of carbonyl (C=O) groups is 2. The molecule has 1 saturated heterocycles. The predicted molar refractivity (Wildman–Crippen MR) is 76.9 cm³/mol. The summed E-state index contributed by atoms with van der Waals surface area (Å²) in [6.45, 7) is 2.62. The van der Waals surface area contributed by atoms with Crippen LogP contribution in [0.2, 0.25) is 5.02 Å². The normalized spacial score (nSPS) is 19.4. The minimum Gasteiger partial charge on any atom is -0.375 e. The summed E-state index contributed by atoms with van der Waals surface area (Å²) in [5.41, 5.74) is 0.685. The molecule has 0 aromatic heterocycles. The van der Waals surface area contributed by atoms with Crippen LogP contribution in [0.5, 0.6) is 0 Å². The number of hydrogen-bond donors (Lipinski definition) is 0. The van der Waals surface area contributed by atoms with Crippen molar-refractivity contribution in [2.45, 2.75) is 13.0 Å². The summed E-state index contributed by atoms with van der Waals surface area (Å²) < 4.78 is 4.83. The molecule has 0 saturated carbocycles. The van der Waals surface area contributed by atoms with Crippen molar-refractivity contribution in [3.8, 4) is 0 Å². The molecule has 0 bridgehead atoms. The van der Waals surface area contributed by atoms with Gasteiger partial charge in [0, 0.05) is 20.2 Å². The van der Waals surface area contributed by atoms with Crippen molar-refractivity contribution in [2.24, 2.45) is 0 Å². The van der Waals surface area contributed by atoms with E-state index in [4.69, 9.17) is 16.3 Å². The van der Waals surface area contributed by atoms with Gasteiger partial charge in [-0.05, 0) is 19.1 Å². The molecule has 1 fully saturated rings. The van der Waals surface area contributed by atoms with E-state index >= 15 is 0 Å². The van der Waals surface area contributed by atoms with E-state index in [-0.39, 0.29) is 18.4 Å². The largest absolute Gasteiger partial charge is 0.375 e. The molecule has 6 heteroatoms. The number of hydrogen-bond acceptors (Lipinski definition) is 3. The molecule has 0 N–H and O–H groups in total. The molecule has 2 amide bonds. The number of anilines is 1. The van der Waals surface area contributed by atoms with Crippen molar-refractivity contribution < 1.29 is 14.3 Å². The number of nitrogens with zero attached hydrogens (tertiary/aromatic N) is 2. The molecule has 1 aliphatic rings. The molecule has 5 nitrogen and oxygen atoms in total. The van der Waals surface area contributed by atoms with Crippen LogP contribution in [-0.4, -0.2) is 49.6 Å². The maximum atomic E-state index is 12.4. The van der Waals surface area contributed by atoms with Crippen LogP contribution >= 0.6 is 11.6 Å². The summed E-state index contributed by atoms with van der Waals surface area (Å²) in [6.07, 6.45) is 0. The summed E-state index contributed by atoms with van der Waals surface area (Å²) >= 11 is 6.12. The Morgan fingerprint density at radius 1 is 1.40 bits per heavy atom. The third kappa shape index (κ3) is 2.78. The highest BCUT2D eigenvalue weighted by atomic mass is 35.5. The van der Waals surface area contributed by atoms with Gasteiger partial charge in [0.1, 0.15) is 12.6 Å². The van der Waals surface area contributed by atoms with E-state index < -0.39 is 6.04 Å². The maximum absolute atomic E-state index is 12.4.